The van der Waals surface area contributed by atoms with Gasteiger partial charge in [-0.2, -0.15) is 0 Å². The zero-order valence-corrected chi connectivity index (χ0v) is 16.0. The Hall–Kier alpha value is -2.83. The summed E-state index contributed by atoms with van der Waals surface area (Å²) < 4.78 is 10.3. The smallest absolute Gasteiger partial charge is 0.341 e. The zero-order chi connectivity index (χ0) is 19.2. The number of esters is 1. The molecule has 0 atom stereocenters. The first-order valence-electron chi connectivity index (χ1n) is 8.16. The Bertz CT molecular complexity index is 976. The van der Waals surface area contributed by atoms with E-state index in [1.807, 2.05) is 18.2 Å². The second-order valence-corrected chi connectivity index (χ2v) is 6.68. The number of ether oxygens (including phenoxy) is 1. The van der Waals surface area contributed by atoms with Crippen molar-refractivity contribution in [3.63, 3.8) is 0 Å². The molecular formula is C20H16ClNO4S. The summed E-state index contributed by atoms with van der Waals surface area (Å²) in [5.41, 5.74) is 1.61. The van der Waals surface area contributed by atoms with Gasteiger partial charge in [0.1, 0.15) is 16.3 Å². The second kappa shape index (κ2) is 8.70. The molecule has 0 fully saturated rings. The SMILES string of the molecule is CCOC(=O)c1c(-c2ccccc2Cl)csc1NC(=O)C=Cc1ccco1. The van der Waals surface area contributed by atoms with Crippen LogP contribution in [0.15, 0.2) is 58.5 Å². The molecule has 2 heterocycles. The maximum atomic E-state index is 12.5. The quantitative estimate of drug-likeness (QED) is 0.438. The maximum absolute atomic E-state index is 12.5. The Morgan fingerprint density at radius 3 is 2.74 bits per heavy atom. The number of anilines is 1. The molecule has 7 heteroatoms. The van der Waals surface area contributed by atoms with Crippen molar-refractivity contribution >= 4 is 45.9 Å². The summed E-state index contributed by atoms with van der Waals surface area (Å²) in [5, 5.41) is 5.42. The number of carbonyl (C=O) groups is 2. The van der Waals surface area contributed by atoms with E-state index < -0.39 is 5.97 Å². The van der Waals surface area contributed by atoms with Crippen molar-refractivity contribution in [2.75, 3.05) is 11.9 Å². The molecule has 3 aromatic rings. The molecule has 0 aliphatic heterocycles. The summed E-state index contributed by atoms with van der Waals surface area (Å²) in [7, 11) is 0. The molecular weight excluding hydrogens is 386 g/mol. The van der Waals surface area contributed by atoms with Gasteiger partial charge in [0, 0.05) is 27.6 Å². The van der Waals surface area contributed by atoms with E-state index in [-0.39, 0.29) is 18.1 Å². The zero-order valence-electron chi connectivity index (χ0n) is 14.4. The van der Waals surface area contributed by atoms with Crippen LogP contribution in [0, 0.1) is 0 Å². The standard InChI is InChI=1S/C20H16ClNO4S/c1-2-25-20(24)18-15(14-7-3-4-8-16(14)21)12-27-19(18)22-17(23)10-9-13-6-5-11-26-13/h3-12H,2H2,1H3,(H,22,23). The first kappa shape index (κ1) is 18.9. The Labute approximate surface area is 165 Å². The largest absolute Gasteiger partial charge is 0.465 e. The summed E-state index contributed by atoms with van der Waals surface area (Å²) >= 11 is 7.51. The van der Waals surface area contributed by atoms with Gasteiger partial charge in [0.05, 0.1) is 12.9 Å². The van der Waals surface area contributed by atoms with Crippen LogP contribution in [0.25, 0.3) is 17.2 Å². The maximum Gasteiger partial charge on any atom is 0.341 e. The lowest BCUT2D eigenvalue weighted by atomic mass is 10.0. The van der Waals surface area contributed by atoms with Crippen LogP contribution in [0.2, 0.25) is 5.02 Å². The number of furan rings is 1. The lowest BCUT2D eigenvalue weighted by Crippen LogP contribution is -2.12. The molecule has 1 aromatic carbocycles. The van der Waals surface area contributed by atoms with Gasteiger partial charge in [-0.1, -0.05) is 29.8 Å². The summed E-state index contributed by atoms with van der Waals surface area (Å²) in [5.74, 6) is -0.345. The van der Waals surface area contributed by atoms with E-state index in [4.69, 9.17) is 20.8 Å². The predicted octanol–water partition coefficient (Wildman–Crippen LogP) is 5.49. The Morgan fingerprint density at radius 2 is 2.04 bits per heavy atom. The topological polar surface area (TPSA) is 68.5 Å². The van der Waals surface area contributed by atoms with Crippen molar-refractivity contribution in [1.29, 1.82) is 0 Å². The second-order valence-electron chi connectivity index (χ2n) is 5.39. The van der Waals surface area contributed by atoms with E-state index in [9.17, 15) is 9.59 Å². The van der Waals surface area contributed by atoms with E-state index in [1.54, 1.807) is 36.6 Å². The number of halogens is 1. The van der Waals surface area contributed by atoms with Gasteiger partial charge < -0.3 is 14.5 Å². The number of amides is 1. The van der Waals surface area contributed by atoms with Gasteiger partial charge in [-0.05, 0) is 31.2 Å². The van der Waals surface area contributed by atoms with Crippen molar-refractivity contribution < 1.29 is 18.7 Å². The number of carbonyl (C=O) groups excluding carboxylic acids is 2. The summed E-state index contributed by atoms with van der Waals surface area (Å²) in [4.78, 5) is 24.8. The highest BCUT2D eigenvalue weighted by atomic mass is 35.5. The van der Waals surface area contributed by atoms with Crippen LogP contribution in [0.1, 0.15) is 23.0 Å². The highest BCUT2D eigenvalue weighted by Crippen LogP contribution is 2.39. The van der Waals surface area contributed by atoms with Gasteiger partial charge in [0.2, 0.25) is 5.91 Å². The minimum absolute atomic E-state index is 0.225. The van der Waals surface area contributed by atoms with Crippen molar-refractivity contribution in [2.24, 2.45) is 0 Å². The number of hydrogen-bond acceptors (Lipinski definition) is 5. The van der Waals surface area contributed by atoms with Gasteiger partial charge in [0.25, 0.3) is 0 Å². The third-order valence-corrected chi connectivity index (χ3v) is 4.84. The van der Waals surface area contributed by atoms with Gasteiger partial charge in [-0.25, -0.2) is 4.79 Å². The highest BCUT2D eigenvalue weighted by molar-refractivity contribution is 7.15. The van der Waals surface area contributed by atoms with E-state index >= 15 is 0 Å². The Balaban J connectivity index is 1.92. The average Bonchev–Trinajstić information content (AvgIpc) is 3.30. The van der Waals surface area contributed by atoms with E-state index in [0.29, 0.717) is 26.9 Å². The average molecular weight is 402 g/mol. The van der Waals surface area contributed by atoms with Crippen LogP contribution < -0.4 is 5.32 Å². The molecule has 2 aromatic heterocycles. The predicted molar refractivity (Wildman–Crippen MR) is 107 cm³/mol. The molecule has 0 radical (unpaired) electrons. The lowest BCUT2D eigenvalue weighted by molar-refractivity contribution is -0.111. The number of nitrogens with one attached hydrogen (secondary N) is 1. The molecule has 27 heavy (non-hydrogen) atoms. The summed E-state index contributed by atoms with van der Waals surface area (Å²) in [6, 6.07) is 10.7. The Morgan fingerprint density at radius 1 is 1.22 bits per heavy atom. The highest BCUT2D eigenvalue weighted by Gasteiger charge is 2.23. The minimum atomic E-state index is -0.515. The molecule has 0 aliphatic carbocycles. The third-order valence-electron chi connectivity index (χ3n) is 3.61. The summed E-state index contributed by atoms with van der Waals surface area (Å²) in [6.07, 6.45) is 4.40. The van der Waals surface area contributed by atoms with Gasteiger partial charge in [0.15, 0.2) is 0 Å². The molecule has 0 saturated carbocycles. The van der Waals surface area contributed by atoms with E-state index in [2.05, 4.69) is 5.32 Å². The fraction of sp³-hybridized carbons (Fsp3) is 0.100. The van der Waals surface area contributed by atoms with Crippen molar-refractivity contribution in [3.8, 4) is 11.1 Å². The first-order chi connectivity index (χ1) is 13.1. The number of thiophene rings is 1. The van der Waals surface area contributed by atoms with Crippen LogP contribution >= 0.6 is 22.9 Å². The van der Waals surface area contributed by atoms with Crippen LogP contribution in [-0.2, 0) is 9.53 Å². The van der Waals surface area contributed by atoms with E-state index in [0.717, 1.165) is 0 Å². The molecule has 0 spiro atoms. The molecule has 0 aliphatic rings. The fourth-order valence-corrected chi connectivity index (χ4v) is 3.62. The van der Waals surface area contributed by atoms with Crippen LogP contribution in [0.4, 0.5) is 5.00 Å². The van der Waals surface area contributed by atoms with Crippen molar-refractivity contribution in [2.45, 2.75) is 6.92 Å². The fourth-order valence-electron chi connectivity index (χ4n) is 2.43. The molecule has 1 amide bonds. The van der Waals surface area contributed by atoms with Crippen LogP contribution in [0.5, 0.6) is 0 Å². The van der Waals surface area contributed by atoms with Crippen LogP contribution in [0.3, 0.4) is 0 Å². The van der Waals surface area contributed by atoms with Gasteiger partial charge >= 0.3 is 5.97 Å². The number of rotatable bonds is 6. The third kappa shape index (κ3) is 4.48. The molecule has 0 saturated heterocycles. The minimum Gasteiger partial charge on any atom is -0.465 e. The van der Waals surface area contributed by atoms with E-state index in [1.165, 1.54) is 23.7 Å². The van der Waals surface area contributed by atoms with Crippen molar-refractivity contribution in [1.82, 2.24) is 0 Å². The molecule has 1 N–H and O–H groups in total. The van der Waals surface area contributed by atoms with Crippen LogP contribution in [-0.4, -0.2) is 18.5 Å². The molecule has 138 valence electrons. The van der Waals surface area contributed by atoms with Gasteiger partial charge in [-0.15, -0.1) is 11.3 Å². The van der Waals surface area contributed by atoms with Gasteiger partial charge in [-0.3, -0.25) is 4.79 Å². The molecule has 3 rings (SSSR count). The lowest BCUT2D eigenvalue weighted by Gasteiger charge is -2.08. The van der Waals surface area contributed by atoms with Crippen molar-refractivity contribution in [3.05, 3.63) is 70.5 Å². The summed E-state index contributed by atoms with van der Waals surface area (Å²) in [6.45, 7) is 1.95. The number of hydrogen-bond donors (Lipinski definition) is 1. The number of benzene rings is 1. The molecule has 5 nitrogen and oxygen atoms in total. The molecule has 0 unspecified atom stereocenters. The Kier molecular flexibility index (Phi) is 6.11. The molecule has 0 bridgehead atoms. The first-order valence-corrected chi connectivity index (χ1v) is 9.42. The normalized spacial score (nSPS) is 10.9. The monoisotopic (exact) mass is 401 g/mol.